The first-order chi connectivity index (χ1) is 15.9. The Kier molecular flexibility index (Phi) is 7.76. The maximum Gasteiger partial charge on any atom is 0.338 e. The van der Waals surface area contributed by atoms with Gasteiger partial charge in [-0.1, -0.05) is 23.4 Å². The van der Waals surface area contributed by atoms with Crippen molar-refractivity contribution in [2.45, 2.75) is 26.9 Å². The molecule has 0 unspecified atom stereocenters. The number of amides is 1. The van der Waals surface area contributed by atoms with E-state index < -0.39 is 24.3 Å². The van der Waals surface area contributed by atoms with E-state index in [0.29, 0.717) is 11.5 Å². The number of esters is 1. The van der Waals surface area contributed by atoms with Crippen molar-refractivity contribution >= 4 is 17.6 Å². The minimum atomic E-state index is -0.736. The lowest BCUT2D eigenvalue weighted by molar-refractivity contribution is -0.121. The van der Waals surface area contributed by atoms with Crippen LogP contribution in [0.2, 0.25) is 0 Å². The molecule has 0 saturated carbocycles. The van der Waals surface area contributed by atoms with E-state index in [1.165, 1.54) is 30.3 Å². The Balaban J connectivity index is 1.63. The summed E-state index contributed by atoms with van der Waals surface area (Å²) in [6, 6.07) is 14.0. The molecule has 2 aromatic carbocycles. The van der Waals surface area contributed by atoms with Crippen LogP contribution in [0.15, 0.2) is 53.1 Å². The zero-order chi connectivity index (χ0) is 23.8. The Morgan fingerprint density at radius 3 is 2.67 bits per heavy atom. The van der Waals surface area contributed by atoms with Gasteiger partial charge in [0, 0.05) is 6.54 Å². The lowest BCUT2D eigenvalue weighted by atomic mass is 10.2. The second kappa shape index (κ2) is 10.9. The van der Waals surface area contributed by atoms with Crippen molar-refractivity contribution in [2.75, 3.05) is 18.1 Å². The molecule has 33 heavy (non-hydrogen) atoms. The molecule has 3 rings (SSSR count). The summed E-state index contributed by atoms with van der Waals surface area (Å²) in [6.45, 7) is 3.17. The molecular weight excluding hydrogens is 429 g/mol. The van der Waals surface area contributed by atoms with E-state index >= 15 is 0 Å². The lowest BCUT2D eigenvalue weighted by Crippen LogP contribution is -2.36. The van der Waals surface area contributed by atoms with Gasteiger partial charge in [0.15, 0.2) is 6.61 Å². The van der Waals surface area contributed by atoms with Gasteiger partial charge in [-0.25, -0.2) is 9.18 Å². The average Bonchev–Trinajstić information content (AvgIpc) is 3.14. The summed E-state index contributed by atoms with van der Waals surface area (Å²) >= 11 is 0. The summed E-state index contributed by atoms with van der Waals surface area (Å²) in [6.07, 6.45) is -0.00145. The van der Waals surface area contributed by atoms with E-state index in [4.69, 9.17) is 19.3 Å². The van der Waals surface area contributed by atoms with E-state index in [1.54, 1.807) is 32.0 Å². The van der Waals surface area contributed by atoms with Gasteiger partial charge >= 0.3 is 5.97 Å². The van der Waals surface area contributed by atoms with E-state index in [1.807, 2.05) is 6.07 Å². The number of nitrogens with zero attached hydrogens (tertiary/aromatic N) is 3. The van der Waals surface area contributed by atoms with Crippen LogP contribution in [0, 0.1) is 31.0 Å². The third-order valence-electron chi connectivity index (χ3n) is 4.85. The van der Waals surface area contributed by atoms with E-state index in [0.717, 1.165) is 16.2 Å². The Bertz CT molecular complexity index is 1170. The fourth-order valence-electron chi connectivity index (χ4n) is 3.08. The number of carbonyl (C=O) groups excluding carboxylic acids is 2. The number of hydrogen-bond donors (Lipinski definition) is 0. The zero-order valence-corrected chi connectivity index (χ0v) is 18.2. The second-order valence-corrected chi connectivity index (χ2v) is 7.10. The number of nitriles is 1. The van der Waals surface area contributed by atoms with Crippen LogP contribution in [-0.2, 0) is 16.1 Å². The van der Waals surface area contributed by atoms with Gasteiger partial charge in [-0.3, -0.25) is 4.79 Å². The van der Waals surface area contributed by atoms with Gasteiger partial charge < -0.3 is 18.9 Å². The number of para-hydroxylation sites is 1. The molecule has 3 aromatic rings. The molecule has 0 bridgehead atoms. The first-order valence-electron chi connectivity index (χ1n) is 10.1. The molecule has 0 spiro atoms. The average molecular weight is 451 g/mol. The molecule has 1 heterocycles. The van der Waals surface area contributed by atoms with Crippen LogP contribution < -0.4 is 9.64 Å². The van der Waals surface area contributed by atoms with Gasteiger partial charge in [0.05, 0.1) is 35.0 Å². The van der Waals surface area contributed by atoms with Gasteiger partial charge in [0.25, 0.3) is 5.91 Å². The molecular formula is C24H22FN3O5. The van der Waals surface area contributed by atoms with Crippen molar-refractivity contribution in [1.29, 1.82) is 5.26 Å². The topological polar surface area (TPSA) is 106 Å². The summed E-state index contributed by atoms with van der Waals surface area (Å²) in [5.74, 6) is -0.914. The Morgan fingerprint density at radius 2 is 1.97 bits per heavy atom. The highest BCUT2D eigenvalue weighted by molar-refractivity contribution is 5.97. The molecule has 1 aromatic heterocycles. The molecule has 1 amide bonds. The smallest absolute Gasteiger partial charge is 0.338 e. The Morgan fingerprint density at radius 1 is 1.18 bits per heavy atom. The number of rotatable bonds is 9. The number of halogens is 1. The van der Waals surface area contributed by atoms with Crippen molar-refractivity contribution in [1.82, 2.24) is 5.16 Å². The van der Waals surface area contributed by atoms with Crippen LogP contribution in [0.4, 0.5) is 10.1 Å². The highest BCUT2D eigenvalue weighted by Gasteiger charge is 2.21. The maximum absolute atomic E-state index is 14.2. The van der Waals surface area contributed by atoms with Gasteiger partial charge in [-0.2, -0.15) is 5.26 Å². The number of hydrogen-bond acceptors (Lipinski definition) is 7. The minimum absolute atomic E-state index is 0.00145. The summed E-state index contributed by atoms with van der Waals surface area (Å²) in [5, 5.41) is 12.7. The lowest BCUT2D eigenvalue weighted by Gasteiger charge is -2.22. The number of anilines is 1. The Labute approximate surface area is 190 Å². The molecule has 0 aliphatic rings. The van der Waals surface area contributed by atoms with E-state index in [-0.39, 0.29) is 30.8 Å². The van der Waals surface area contributed by atoms with E-state index in [2.05, 4.69) is 5.16 Å². The van der Waals surface area contributed by atoms with Crippen LogP contribution in [0.5, 0.6) is 5.75 Å². The molecule has 9 heteroatoms. The molecule has 0 atom stereocenters. The fraction of sp³-hybridized carbons (Fsp3) is 0.250. The highest BCUT2D eigenvalue weighted by atomic mass is 19.1. The van der Waals surface area contributed by atoms with Crippen LogP contribution in [-0.4, -0.2) is 30.2 Å². The molecule has 0 N–H and O–H groups in total. The fourth-order valence-corrected chi connectivity index (χ4v) is 3.08. The quantitative estimate of drug-likeness (QED) is 0.451. The van der Waals surface area contributed by atoms with Crippen molar-refractivity contribution in [3.63, 3.8) is 0 Å². The highest BCUT2D eigenvalue weighted by Crippen LogP contribution is 2.21. The maximum atomic E-state index is 14.2. The van der Waals surface area contributed by atoms with Crippen molar-refractivity contribution in [2.24, 2.45) is 0 Å². The molecule has 0 aliphatic heterocycles. The van der Waals surface area contributed by atoms with Gasteiger partial charge in [-0.05, 0) is 44.2 Å². The van der Waals surface area contributed by atoms with Crippen molar-refractivity contribution in [3.05, 3.63) is 76.9 Å². The molecule has 0 saturated heterocycles. The second-order valence-electron chi connectivity index (χ2n) is 7.10. The Hall–Kier alpha value is -4.19. The SMILES string of the molecule is Cc1noc(C)c1COc1cccc(C(=O)OCC(=O)N(CCC#N)c2ccccc2F)c1. The third kappa shape index (κ3) is 5.95. The molecule has 0 radical (unpaired) electrons. The number of benzene rings is 2. The standard InChI is InChI=1S/C24H22FN3O5/c1-16-20(17(2)33-27-16)14-31-19-8-5-7-18(13-19)24(30)32-15-23(29)28(12-6-11-26)22-10-4-3-9-21(22)25/h3-5,7-10,13H,6,12,14-15H2,1-2H3. The van der Waals surface area contributed by atoms with Gasteiger partial charge in [-0.15, -0.1) is 0 Å². The first kappa shape index (κ1) is 23.5. The monoisotopic (exact) mass is 451 g/mol. The summed E-state index contributed by atoms with van der Waals surface area (Å²) in [4.78, 5) is 26.2. The normalized spacial score (nSPS) is 10.4. The number of carbonyl (C=O) groups is 2. The number of ether oxygens (including phenoxy) is 2. The summed E-state index contributed by atoms with van der Waals surface area (Å²) in [5.41, 5.74) is 1.74. The number of aromatic nitrogens is 1. The third-order valence-corrected chi connectivity index (χ3v) is 4.85. The van der Waals surface area contributed by atoms with Crippen LogP contribution >= 0.6 is 0 Å². The summed E-state index contributed by atoms with van der Waals surface area (Å²) < 4.78 is 30.1. The summed E-state index contributed by atoms with van der Waals surface area (Å²) in [7, 11) is 0. The molecule has 0 fully saturated rings. The van der Waals surface area contributed by atoms with Crippen LogP contribution in [0.25, 0.3) is 0 Å². The zero-order valence-electron chi connectivity index (χ0n) is 18.2. The minimum Gasteiger partial charge on any atom is -0.489 e. The van der Waals surface area contributed by atoms with Crippen molar-refractivity contribution < 1.29 is 28.0 Å². The molecule has 0 aliphatic carbocycles. The number of aryl methyl sites for hydroxylation is 2. The van der Waals surface area contributed by atoms with Crippen LogP contribution in [0.3, 0.4) is 0 Å². The van der Waals surface area contributed by atoms with Gasteiger partial charge in [0.2, 0.25) is 0 Å². The first-order valence-corrected chi connectivity index (χ1v) is 10.1. The van der Waals surface area contributed by atoms with E-state index in [9.17, 15) is 14.0 Å². The molecule has 8 nitrogen and oxygen atoms in total. The predicted molar refractivity (Wildman–Crippen MR) is 116 cm³/mol. The predicted octanol–water partition coefficient (Wildman–Crippen LogP) is 4.11. The van der Waals surface area contributed by atoms with Gasteiger partial charge in [0.1, 0.15) is 23.9 Å². The molecule has 170 valence electrons. The van der Waals surface area contributed by atoms with Crippen molar-refractivity contribution in [3.8, 4) is 11.8 Å². The van der Waals surface area contributed by atoms with Crippen LogP contribution in [0.1, 0.15) is 33.8 Å². The largest absolute Gasteiger partial charge is 0.489 e.